The van der Waals surface area contributed by atoms with Crippen LogP contribution < -0.4 is 5.32 Å². The Labute approximate surface area is 169 Å². The number of nitrogens with zero attached hydrogens (tertiary/aromatic N) is 1. The van der Waals surface area contributed by atoms with Crippen LogP contribution in [0.2, 0.25) is 0 Å². The Bertz CT molecular complexity index is 736. The minimum atomic E-state index is -0.530. The number of carbonyl (C=O) groups excluding carboxylic acids is 1. The van der Waals surface area contributed by atoms with E-state index in [1.54, 1.807) is 0 Å². The van der Waals surface area contributed by atoms with Crippen LogP contribution in [-0.4, -0.2) is 29.5 Å². The molecule has 0 aliphatic carbocycles. The zero-order valence-electron chi connectivity index (χ0n) is 17.8. The third-order valence-electron chi connectivity index (χ3n) is 4.35. The molecule has 2 aromatic rings. The number of ether oxygens (including phenoxy) is 1. The first-order valence-corrected chi connectivity index (χ1v) is 9.85. The molecule has 0 fully saturated rings. The summed E-state index contributed by atoms with van der Waals surface area (Å²) >= 11 is 0. The Balaban J connectivity index is 2.33. The van der Waals surface area contributed by atoms with Crippen molar-refractivity contribution in [2.45, 2.75) is 59.2 Å². The second-order valence-electron chi connectivity index (χ2n) is 8.37. The van der Waals surface area contributed by atoms with Crippen LogP contribution in [-0.2, 0) is 4.74 Å². The summed E-state index contributed by atoms with van der Waals surface area (Å²) in [5.74, 6) is 0.207. The van der Waals surface area contributed by atoms with Gasteiger partial charge in [-0.05, 0) is 33.6 Å². The third-order valence-corrected chi connectivity index (χ3v) is 4.35. The lowest BCUT2D eigenvalue weighted by atomic mass is 9.96. The Kier molecular flexibility index (Phi) is 7.38. The molecular formula is C24H32N2O2. The van der Waals surface area contributed by atoms with Crippen molar-refractivity contribution in [3.8, 4) is 0 Å². The third kappa shape index (κ3) is 6.52. The van der Waals surface area contributed by atoms with Crippen molar-refractivity contribution < 1.29 is 9.53 Å². The average molecular weight is 381 g/mol. The van der Waals surface area contributed by atoms with E-state index >= 15 is 0 Å². The van der Waals surface area contributed by atoms with Gasteiger partial charge in [-0.25, -0.2) is 4.79 Å². The van der Waals surface area contributed by atoms with Crippen molar-refractivity contribution in [2.24, 2.45) is 10.9 Å². The molecule has 0 unspecified atom stereocenters. The first-order valence-electron chi connectivity index (χ1n) is 9.85. The van der Waals surface area contributed by atoms with Crippen molar-refractivity contribution >= 4 is 11.8 Å². The highest BCUT2D eigenvalue weighted by molar-refractivity contribution is 6.13. The van der Waals surface area contributed by atoms with Crippen LogP contribution in [0.4, 0.5) is 4.79 Å². The zero-order valence-corrected chi connectivity index (χ0v) is 17.8. The highest BCUT2D eigenvalue weighted by Gasteiger charge is 2.26. The van der Waals surface area contributed by atoms with E-state index < -0.39 is 11.7 Å². The summed E-state index contributed by atoms with van der Waals surface area (Å²) in [5, 5.41) is 3.01. The molecule has 0 aliphatic rings. The number of aliphatic imine (C=N–C) groups is 1. The largest absolute Gasteiger partial charge is 0.444 e. The van der Waals surface area contributed by atoms with Crippen LogP contribution in [0, 0.1) is 5.92 Å². The van der Waals surface area contributed by atoms with Crippen molar-refractivity contribution in [3.05, 3.63) is 71.8 Å². The molecule has 0 saturated heterocycles. The van der Waals surface area contributed by atoms with Crippen LogP contribution in [0.15, 0.2) is 65.7 Å². The average Bonchev–Trinajstić information content (AvgIpc) is 2.63. The minimum Gasteiger partial charge on any atom is -0.444 e. The highest BCUT2D eigenvalue weighted by Crippen LogP contribution is 2.17. The Morgan fingerprint density at radius 2 is 1.36 bits per heavy atom. The Morgan fingerprint density at radius 3 is 1.75 bits per heavy atom. The van der Waals surface area contributed by atoms with Crippen molar-refractivity contribution in [3.63, 3.8) is 0 Å². The van der Waals surface area contributed by atoms with Gasteiger partial charge >= 0.3 is 6.09 Å². The number of hydrogen-bond donors (Lipinski definition) is 1. The van der Waals surface area contributed by atoms with Gasteiger partial charge in [0, 0.05) is 11.1 Å². The molecule has 0 bridgehead atoms. The molecule has 2 rings (SSSR count). The fourth-order valence-electron chi connectivity index (χ4n) is 3.08. The number of hydrogen-bond acceptors (Lipinski definition) is 3. The van der Waals surface area contributed by atoms with Crippen LogP contribution in [0.3, 0.4) is 0 Å². The molecule has 0 aliphatic heterocycles. The van der Waals surface area contributed by atoms with Gasteiger partial charge < -0.3 is 10.1 Å². The lowest BCUT2D eigenvalue weighted by molar-refractivity contribution is 0.0483. The van der Waals surface area contributed by atoms with Gasteiger partial charge in [-0.3, -0.25) is 4.99 Å². The highest BCUT2D eigenvalue weighted by atomic mass is 16.6. The Morgan fingerprint density at radius 1 is 0.893 bits per heavy atom. The maximum absolute atomic E-state index is 12.3. The fraction of sp³-hybridized carbons (Fsp3) is 0.417. The lowest BCUT2D eigenvalue weighted by Gasteiger charge is -2.28. The molecular weight excluding hydrogens is 348 g/mol. The molecule has 0 aromatic heterocycles. The van der Waals surface area contributed by atoms with E-state index in [9.17, 15) is 4.79 Å². The fourth-order valence-corrected chi connectivity index (χ4v) is 3.08. The van der Waals surface area contributed by atoms with Gasteiger partial charge in [-0.1, -0.05) is 74.5 Å². The summed E-state index contributed by atoms with van der Waals surface area (Å²) in [6.07, 6.45) is -0.408. The van der Waals surface area contributed by atoms with Gasteiger partial charge in [0.2, 0.25) is 0 Å². The molecule has 2 aromatic carbocycles. The number of benzene rings is 2. The second-order valence-corrected chi connectivity index (χ2v) is 8.37. The zero-order chi connectivity index (χ0) is 20.7. The monoisotopic (exact) mass is 380 g/mol. The molecule has 0 heterocycles. The summed E-state index contributed by atoms with van der Waals surface area (Å²) in [5.41, 5.74) is 2.50. The molecule has 4 heteroatoms. The number of nitrogens with one attached hydrogen (secondary N) is 1. The standard InChI is InChI=1S/C24H32N2O2/c1-17(2)21(26-23(27)28-24(4,5)6)18(3)25-22(19-13-9-7-10-14-19)20-15-11-8-12-16-20/h7-18,21H,1-6H3,(H,26,27)/t18-,21-/m1/s1. The normalized spacial score (nSPS) is 13.5. The summed E-state index contributed by atoms with van der Waals surface area (Å²) in [4.78, 5) is 17.4. The maximum Gasteiger partial charge on any atom is 0.407 e. The molecule has 0 saturated carbocycles. The molecule has 4 nitrogen and oxygen atoms in total. The summed E-state index contributed by atoms with van der Waals surface area (Å²) in [6.45, 7) is 11.8. The van der Waals surface area contributed by atoms with E-state index in [2.05, 4.69) is 43.4 Å². The van der Waals surface area contributed by atoms with Crippen LogP contribution in [0.25, 0.3) is 0 Å². The number of amides is 1. The van der Waals surface area contributed by atoms with Gasteiger partial charge in [-0.15, -0.1) is 0 Å². The van der Waals surface area contributed by atoms with Gasteiger partial charge in [0.1, 0.15) is 5.60 Å². The van der Waals surface area contributed by atoms with Gasteiger partial charge in [0.15, 0.2) is 0 Å². The van der Waals surface area contributed by atoms with Crippen LogP contribution in [0.5, 0.6) is 0 Å². The van der Waals surface area contributed by atoms with Crippen LogP contribution >= 0.6 is 0 Å². The molecule has 0 spiro atoms. The predicted octanol–water partition coefficient (Wildman–Crippen LogP) is 5.46. The van der Waals surface area contributed by atoms with E-state index in [1.165, 1.54) is 0 Å². The maximum atomic E-state index is 12.3. The van der Waals surface area contributed by atoms with E-state index in [-0.39, 0.29) is 18.0 Å². The second kappa shape index (κ2) is 9.54. The number of alkyl carbamates (subject to hydrolysis) is 1. The molecule has 150 valence electrons. The predicted molar refractivity (Wildman–Crippen MR) is 116 cm³/mol. The quantitative estimate of drug-likeness (QED) is 0.676. The molecule has 2 atom stereocenters. The first-order chi connectivity index (χ1) is 13.2. The van der Waals surface area contributed by atoms with E-state index in [1.807, 2.05) is 64.1 Å². The number of carbonyl (C=O) groups is 1. The van der Waals surface area contributed by atoms with Gasteiger partial charge in [0.25, 0.3) is 0 Å². The molecule has 1 N–H and O–H groups in total. The van der Waals surface area contributed by atoms with Crippen molar-refractivity contribution in [1.29, 1.82) is 0 Å². The van der Waals surface area contributed by atoms with Gasteiger partial charge in [-0.2, -0.15) is 0 Å². The first kappa shape index (κ1) is 21.7. The summed E-state index contributed by atoms with van der Waals surface area (Å²) < 4.78 is 5.44. The lowest BCUT2D eigenvalue weighted by Crippen LogP contribution is -2.47. The Hall–Kier alpha value is -2.62. The van der Waals surface area contributed by atoms with Gasteiger partial charge in [0.05, 0.1) is 17.8 Å². The van der Waals surface area contributed by atoms with Crippen molar-refractivity contribution in [1.82, 2.24) is 5.32 Å². The molecule has 0 radical (unpaired) electrons. The molecule has 28 heavy (non-hydrogen) atoms. The van der Waals surface area contributed by atoms with E-state index in [0.717, 1.165) is 16.8 Å². The molecule has 1 amide bonds. The van der Waals surface area contributed by atoms with Crippen molar-refractivity contribution in [2.75, 3.05) is 0 Å². The summed E-state index contributed by atoms with van der Waals surface area (Å²) in [7, 11) is 0. The summed E-state index contributed by atoms with van der Waals surface area (Å²) in [6, 6.07) is 20.0. The minimum absolute atomic E-state index is 0.122. The SMILES string of the molecule is CC(C)[C@@H](NC(=O)OC(C)(C)C)[C@@H](C)N=C(c1ccccc1)c1ccccc1. The van der Waals surface area contributed by atoms with Crippen LogP contribution in [0.1, 0.15) is 52.7 Å². The van der Waals surface area contributed by atoms with E-state index in [0.29, 0.717) is 0 Å². The smallest absolute Gasteiger partial charge is 0.407 e. The topological polar surface area (TPSA) is 50.7 Å². The number of rotatable bonds is 6. The van der Waals surface area contributed by atoms with E-state index in [4.69, 9.17) is 9.73 Å².